The Balaban J connectivity index is 3.04. The minimum absolute atomic E-state index is 0.0304. The molecule has 2 N–H and O–H groups in total. The molecule has 0 aliphatic heterocycles. The van der Waals surface area contributed by atoms with Gasteiger partial charge in [-0.15, -0.1) is 0 Å². The van der Waals surface area contributed by atoms with E-state index < -0.39 is 12.6 Å². The Hall–Kier alpha value is -1.56. The lowest BCUT2D eigenvalue weighted by Crippen LogP contribution is -2.12. The summed E-state index contributed by atoms with van der Waals surface area (Å²) in [6, 6.07) is 2.56. The molecule has 0 aliphatic rings. The van der Waals surface area contributed by atoms with E-state index in [9.17, 15) is 13.6 Å². The van der Waals surface area contributed by atoms with Gasteiger partial charge in [-0.1, -0.05) is 11.6 Å². The normalized spacial score (nSPS) is 10.5. The third-order valence-electron chi connectivity index (χ3n) is 2.10. The lowest BCUT2D eigenvalue weighted by molar-refractivity contribution is -0.142. The van der Waals surface area contributed by atoms with Crippen LogP contribution in [0.4, 0.5) is 14.5 Å². The molecule has 1 aromatic carbocycles. The molecule has 0 atom stereocenters. The van der Waals surface area contributed by atoms with Gasteiger partial charge in [-0.05, 0) is 19.1 Å². The molecule has 0 aliphatic carbocycles. The number of hydrogen-bond donors (Lipinski definition) is 1. The van der Waals surface area contributed by atoms with Gasteiger partial charge in [0.25, 0.3) is 0 Å². The molecule has 0 unspecified atom stereocenters. The van der Waals surface area contributed by atoms with Crippen LogP contribution in [0.2, 0.25) is 5.02 Å². The van der Waals surface area contributed by atoms with Crippen molar-refractivity contribution in [3.8, 4) is 5.75 Å². The van der Waals surface area contributed by atoms with Crippen molar-refractivity contribution < 1.29 is 23.0 Å². The van der Waals surface area contributed by atoms with Crippen LogP contribution in [0.1, 0.15) is 12.5 Å². The summed E-state index contributed by atoms with van der Waals surface area (Å²) < 4.78 is 33.4. The quantitative estimate of drug-likeness (QED) is 0.665. The van der Waals surface area contributed by atoms with E-state index in [1.165, 1.54) is 12.1 Å². The van der Waals surface area contributed by atoms with E-state index in [0.717, 1.165) is 0 Å². The van der Waals surface area contributed by atoms with Crippen molar-refractivity contribution >= 4 is 23.3 Å². The molecule has 4 nitrogen and oxygen atoms in total. The summed E-state index contributed by atoms with van der Waals surface area (Å²) in [6.07, 6.45) is -0.276. The maximum atomic E-state index is 12.2. The monoisotopic (exact) mass is 279 g/mol. The molecule has 1 rings (SSSR count). The van der Waals surface area contributed by atoms with Gasteiger partial charge in [0, 0.05) is 5.56 Å². The molecule has 7 heteroatoms. The van der Waals surface area contributed by atoms with Crippen LogP contribution >= 0.6 is 11.6 Å². The van der Waals surface area contributed by atoms with Crippen molar-refractivity contribution in [1.29, 1.82) is 0 Å². The Morgan fingerprint density at radius 3 is 2.72 bits per heavy atom. The first-order valence-corrected chi connectivity index (χ1v) is 5.50. The fourth-order valence-electron chi connectivity index (χ4n) is 1.36. The largest absolute Gasteiger partial charge is 0.466 e. The van der Waals surface area contributed by atoms with Crippen molar-refractivity contribution in [3.63, 3.8) is 0 Å². The number of anilines is 1. The molecule has 0 saturated carbocycles. The highest BCUT2D eigenvalue weighted by atomic mass is 35.5. The van der Waals surface area contributed by atoms with E-state index in [1.807, 2.05) is 0 Å². The zero-order valence-electron chi connectivity index (χ0n) is 9.58. The number of hydrogen-bond acceptors (Lipinski definition) is 4. The first-order valence-electron chi connectivity index (χ1n) is 5.13. The topological polar surface area (TPSA) is 61.5 Å². The predicted octanol–water partition coefficient (Wildman–Crippen LogP) is 2.63. The number of benzene rings is 1. The number of esters is 1. The van der Waals surface area contributed by atoms with E-state index in [4.69, 9.17) is 22.1 Å². The fraction of sp³-hybridized carbons (Fsp3) is 0.364. The van der Waals surface area contributed by atoms with Crippen LogP contribution in [-0.4, -0.2) is 19.2 Å². The molecule has 0 fully saturated rings. The van der Waals surface area contributed by atoms with E-state index in [2.05, 4.69) is 4.74 Å². The van der Waals surface area contributed by atoms with Crippen molar-refractivity contribution in [1.82, 2.24) is 0 Å². The van der Waals surface area contributed by atoms with E-state index >= 15 is 0 Å². The van der Waals surface area contributed by atoms with Crippen molar-refractivity contribution in [3.05, 3.63) is 22.7 Å². The number of carbonyl (C=O) groups is 1. The summed E-state index contributed by atoms with van der Waals surface area (Å²) in [5.41, 5.74) is 5.77. The molecular weight excluding hydrogens is 268 g/mol. The van der Waals surface area contributed by atoms with Gasteiger partial charge in [-0.2, -0.15) is 8.78 Å². The maximum Gasteiger partial charge on any atom is 0.387 e. The third-order valence-corrected chi connectivity index (χ3v) is 2.43. The maximum absolute atomic E-state index is 12.2. The van der Waals surface area contributed by atoms with E-state index in [1.54, 1.807) is 6.92 Å². The van der Waals surface area contributed by atoms with E-state index in [0.29, 0.717) is 0 Å². The molecule has 0 heterocycles. The Morgan fingerprint density at radius 2 is 2.17 bits per heavy atom. The molecule has 1 aromatic rings. The number of halogens is 3. The van der Waals surface area contributed by atoms with Crippen LogP contribution in [-0.2, 0) is 16.0 Å². The summed E-state index contributed by atoms with van der Waals surface area (Å²) in [5, 5.41) is 0.163. The lowest BCUT2D eigenvalue weighted by Gasteiger charge is -2.13. The average molecular weight is 280 g/mol. The SMILES string of the molecule is CCOC(=O)Cc1c(OC(F)F)ccc(Cl)c1N. The van der Waals surface area contributed by atoms with Crippen LogP contribution in [0.5, 0.6) is 5.75 Å². The van der Waals surface area contributed by atoms with E-state index in [-0.39, 0.29) is 35.1 Å². The van der Waals surface area contributed by atoms with Gasteiger partial charge >= 0.3 is 12.6 Å². The van der Waals surface area contributed by atoms with Gasteiger partial charge in [0.1, 0.15) is 5.75 Å². The number of nitrogen functional groups attached to an aromatic ring is 1. The minimum atomic E-state index is -3.01. The standard InChI is InChI=1S/C11H12ClF2NO3/c1-2-17-9(16)5-6-8(18-11(13)14)4-3-7(12)10(6)15/h3-4,11H,2,5,15H2,1H3. The predicted molar refractivity (Wildman–Crippen MR) is 62.8 cm³/mol. The Morgan fingerprint density at radius 1 is 1.50 bits per heavy atom. The Labute approximate surface area is 108 Å². The summed E-state index contributed by atoms with van der Waals surface area (Å²) >= 11 is 5.76. The van der Waals surface area contributed by atoms with Gasteiger partial charge in [0.05, 0.1) is 23.7 Å². The highest BCUT2D eigenvalue weighted by molar-refractivity contribution is 6.33. The van der Waals surface area contributed by atoms with Crippen molar-refractivity contribution in [2.75, 3.05) is 12.3 Å². The summed E-state index contributed by atoms with van der Waals surface area (Å²) in [5.74, 6) is -0.773. The first-order chi connectivity index (χ1) is 8.45. The van der Waals surface area contributed by atoms with Crippen molar-refractivity contribution in [2.45, 2.75) is 20.0 Å². The summed E-state index contributed by atoms with van der Waals surface area (Å²) in [7, 11) is 0. The van der Waals surface area contributed by atoms with Gasteiger partial charge in [-0.3, -0.25) is 4.79 Å². The number of ether oxygens (including phenoxy) is 2. The molecule has 0 saturated heterocycles. The molecule has 18 heavy (non-hydrogen) atoms. The van der Waals surface area contributed by atoms with Crippen LogP contribution in [0, 0.1) is 0 Å². The van der Waals surface area contributed by atoms with Gasteiger partial charge < -0.3 is 15.2 Å². The fourth-order valence-corrected chi connectivity index (χ4v) is 1.54. The molecule has 0 bridgehead atoms. The first kappa shape index (κ1) is 14.5. The second kappa shape index (κ2) is 6.39. The number of carbonyl (C=O) groups excluding carboxylic acids is 1. The van der Waals surface area contributed by atoms with Gasteiger partial charge in [0.2, 0.25) is 0 Å². The van der Waals surface area contributed by atoms with Crippen molar-refractivity contribution in [2.24, 2.45) is 0 Å². The molecule has 0 aromatic heterocycles. The average Bonchev–Trinajstić information content (AvgIpc) is 2.28. The molecule has 100 valence electrons. The van der Waals surface area contributed by atoms with Crippen LogP contribution in [0.25, 0.3) is 0 Å². The second-order valence-corrected chi connectivity index (χ2v) is 3.71. The third kappa shape index (κ3) is 3.73. The molecular formula is C11H12ClF2NO3. The smallest absolute Gasteiger partial charge is 0.387 e. The highest BCUT2D eigenvalue weighted by Crippen LogP contribution is 2.32. The van der Waals surface area contributed by atoms with Crippen LogP contribution < -0.4 is 10.5 Å². The number of rotatable bonds is 5. The molecule has 0 radical (unpaired) electrons. The molecule has 0 spiro atoms. The van der Waals surface area contributed by atoms with Gasteiger partial charge in [-0.25, -0.2) is 0 Å². The Kier molecular flexibility index (Phi) is 5.15. The summed E-state index contributed by atoms with van der Waals surface area (Å²) in [4.78, 5) is 11.4. The van der Waals surface area contributed by atoms with Gasteiger partial charge in [0.15, 0.2) is 0 Å². The lowest BCUT2D eigenvalue weighted by atomic mass is 10.1. The highest BCUT2D eigenvalue weighted by Gasteiger charge is 2.18. The number of nitrogens with two attached hydrogens (primary N) is 1. The zero-order valence-corrected chi connectivity index (χ0v) is 10.3. The Bertz CT molecular complexity index is 441. The van der Waals surface area contributed by atoms with Crippen LogP contribution in [0.3, 0.4) is 0 Å². The minimum Gasteiger partial charge on any atom is -0.466 e. The zero-order chi connectivity index (χ0) is 13.7. The second-order valence-electron chi connectivity index (χ2n) is 3.30. The molecule has 0 amide bonds. The summed E-state index contributed by atoms with van der Waals surface area (Å²) in [6.45, 7) is -1.19. The number of alkyl halides is 2. The van der Waals surface area contributed by atoms with Crippen LogP contribution in [0.15, 0.2) is 12.1 Å².